The zero-order valence-corrected chi connectivity index (χ0v) is 16.9. The highest BCUT2D eigenvalue weighted by atomic mass is 32.1. The van der Waals surface area contributed by atoms with Gasteiger partial charge in [-0.3, -0.25) is 15.1 Å². The number of aliphatic carboxylic acids is 1. The molecule has 0 saturated heterocycles. The van der Waals surface area contributed by atoms with Gasteiger partial charge >= 0.3 is 12.1 Å². The lowest BCUT2D eigenvalue weighted by Gasteiger charge is -2.24. The molecular weight excluding hydrogens is 437 g/mol. The van der Waals surface area contributed by atoms with Crippen molar-refractivity contribution in [3.05, 3.63) is 47.9 Å². The fraction of sp³-hybridized carbons (Fsp3) is 0.278. The monoisotopic (exact) mass is 454 g/mol. The van der Waals surface area contributed by atoms with E-state index in [0.717, 1.165) is 24.5 Å². The maximum absolute atomic E-state index is 12.6. The molecule has 3 aromatic heterocycles. The van der Waals surface area contributed by atoms with Crippen molar-refractivity contribution in [2.24, 2.45) is 0 Å². The van der Waals surface area contributed by atoms with Crippen LogP contribution in [0.2, 0.25) is 0 Å². The van der Waals surface area contributed by atoms with Crippen molar-refractivity contribution in [2.75, 3.05) is 11.9 Å². The second-order valence-corrected chi connectivity index (χ2v) is 7.33. The van der Waals surface area contributed by atoms with E-state index in [2.05, 4.69) is 37.3 Å². The van der Waals surface area contributed by atoms with Crippen molar-refractivity contribution in [1.82, 2.24) is 25.1 Å². The molecule has 0 aromatic carbocycles. The predicted octanol–water partition coefficient (Wildman–Crippen LogP) is 2.95. The molecule has 31 heavy (non-hydrogen) atoms. The van der Waals surface area contributed by atoms with Crippen LogP contribution in [-0.4, -0.2) is 49.5 Å². The summed E-state index contributed by atoms with van der Waals surface area (Å²) in [6.45, 7) is 3.73. The van der Waals surface area contributed by atoms with Gasteiger partial charge in [-0.1, -0.05) is 17.4 Å². The molecule has 13 heteroatoms. The van der Waals surface area contributed by atoms with E-state index in [1.165, 1.54) is 11.3 Å². The number of alkyl halides is 3. The van der Waals surface area contributed by atoms with E-state index in [1.807, 2.05) is 30.3 Å². The molecule has 164 valence electrons. The van der Waals surface area contributed by atoms with Gasteiger partial charge in [0.1, 0.15) is 11.4 Å². The number of fused-ring (bicyclic) bond motifs is 1. The molecule has 1 amide bonds. The van der Waals surface area contributed by atoms with Crippen molar-refractivity contribution < 1.29 is 27.9 Å². The molecule has 1 aliphatic heterocycles. The third-order valence-electron chi connectivity index (χ3n) is 4.25. The second-order valence-electron chi connectivity index (χ2n) is 6.36. The molecule has 0 saturated carbocycles. The van der Waals surface area contributed by atoms with Crippen LogP contribution in [0.5, 0.6) is 0 Å². The maximum atomic E-state index is 12.6. The predicted molar refractivity (Wildman–Crippen MR) is 106 cm³/mol. The van der Waals surface area contributed by atoms with Gasteiger partial charge in [-0.05, 0) is 31.2 Å². The Morgan fingerprint density at radius 3 is 2.65 bits per heavy atom. The van der Waals surface area contributed by atoms with Crippen LogP contribution in [0.25, 0.3) is 10.7 Å². The summed E-state index contributed by atoms with van der Waals surface area (Å²) in [6, 6.07) is 9.70. The maximum Gasteiger partial charge on any atom is 0.490 e. The van der Waals surface area contributed by atoms with Gasteiger partial charge in [0.15, 0.2) is 5.01 Å². The molecule has 0 bridgehead atoms. The molecule has 1 atom stereocenters. The van der Waals surface area contributed by atoms with Gasteiger partial charge in [-0.25, -0.2) is 4.79 Å². The Balaban J connectivity index is 0.000000339. The van der Waals surface area contributed by atoms with Gasteiger partial charge in [0.05, 0.1) is 0 Å². The van der Waals surface area contributed by atoms with Crippen LogP contribution in [-0.2, 0) is 11.3 Å². The lowest BCUT2D eigenvalue weighted by Crippen LogP contribution is -2.33. The van der Waals surface area contributed by atoms with Gasteiger partial charge < -0.3 is 15.0 Å². The fourth-order valence-electron chi connectivity index (χ4n) is 2.83. The van der Waals surface area contributed by atoms with Crippen molar-refractivity contribution in [1.29, 1.82) is 0 Å². The largest absolute Gasteiger partial charge is 0.490 e. The van der Waals surface area contributed by atoms with E-state index < -0.39 is 12.1 Å². The summed E-state index contributed by atoms with van der Waals surface area (Å²) in [7, 11) is 0. The molecule has 0 aliphatic carbocycles. The van der Waals surface area contributed by atoms with E-state index in [0.29, 0.717) is 15.8 Å². The summed E-state index contributed by atoms with van der Waals surface area (Å²) < 4.78 is 33.8. The van der Waals surface area contributed by atoms with Crippen LogP contribution in [0, 0.1) is 0 Å². The molecule has 4 heterocycles. The lowest BCUT2D eigenvalue weighted by molar-refractivity contribution is -0.192. The standard InChI is InChI=1S/C16H16N6OS.C2HF3O2/c1-10-12-5-6-13(22(12)9-8-17-10)14(23)19-16-21-20-15(24-16)11-4-2-3-7-18-11;3-2(4,5)1(6)7/h2-7,10,17H,8-9H2,1H3,(H,19,21,23);(H,6,7). The average molecular weight is 454 g/mol. The van der Waals surface area contributed by atoms with E-state index in [1.54, 1.807) is 6.20 Å². The number of anilines is 1. The third kappa shape index (κ3) is 5.44. The number of carbonyl (C=O) groups is 2. The second kappa shape index (κ2) is 9.22. The smallest absolute Gasteiger partial charge is 0.475 e. The number of nitrogens with one attached hydrogen (secondary N) is 2. The molecule has 3 N–H and O–H groups in total. The first-order chi connectivity index (χ1) is 14.7. The molecule has 9 nitrogen and oxygen atoms in total. The normalized spacial score (nSPS) is 15.4. The zero-order chi connectivity index (χ0) is 22.6. The topological polar surface area (TPSA) is 122 Å². The fourth-order valence-corrected chi connectivity index (χ4v) is 3.55. The summed E-state index contributed by atoms with van der Waals surface area (Å²) in [4.78, 5) is 25.7. The molecule has 0 radical (unpaired) electrons. The van der Waals surface area contributed by atoms with Crippen molar-refractivity contribution >= 4 is 28.3 Å². The number of aromatic nitrogens is 4. The zero-order valence-electron chi connectivity index (χ0n) is 16.1. The molecule has 1 aliphatic rings. The first kappa shape index (κ1) is 22.4. The van der Waals surface area contributed by atoms with Gasteiger partial charge in [0.2, 0.25) is 5.13 Å². The van der Waals surface area contributed by atoms with E-state index in [9.17, 15) is 18.0 Å². The summed E-state index contributed by atoms with van der Waals surface area (Å²) in [5, 5.41) is 22.6. The number of carboxylic acid groups (broad SMARTS) is 1. The summed E-state index contributed by atoms with van der Waals surface area (Å²) in [5.41, 5.74) is 2.52. The van der Waals surface area contributed by atoms with E-state index in [4.69, 9.17) is 9.90 Å². The number of hydrogen-bond acceptors (Lipinski definition) is 7. The first-order valence-corrected chi connectivity index (χ1v) is 9.77. The molecular formula is C18H17F3N6O3S. The highest BCUT2D eigenvalue weighted by Gasteiger charge is 2.38. The Labute approximate surface area is 178 Å². The molecule has 0 spiro atoms. The molecule has 1 unspecified atom stereocenters. The summed E-state index contributed by atoms with van der Waals surface area (Å²) >= 11 is 1.31. The molecule has 4 rings (SSSR count). The third-order valence-corrected chi connectivity index (χ3v) is 5.11. The van der Waals surface area contributed by atoms with Crippen LogP contribution in [0.1, 0.15) is 29.1 Å². The van der Waals surface area contributed by atoms with Crippen LogP contribution >= 0.6 is 11.3 Å². The minimum atomic E-state index is -5.08. The summed E-state index contributed by atoms with van der Waals surface area (Å²) in [6.07, 6.45) is -3.38. The quantitative estimate of drug-likeness (QED) is 0.556. The Morgan fingerprint density at radius 1 is 1.26 bits per heavy atom. The first-order valence-electron chi connectivity index (χ1n) is 8.96. The summed E-state index contributed by atoms with van der Waals surface area (Å²) in [5.74, 6) is -2.92. The van der Waals surface area contributed by atoms with E-state index >= 15 is 0 Å². The van der Waals surface area contributed by atoms with Crippen LogP contribution in [0.15, 0.2) is 36.5 Å². The lowest BCUT2D eigenvalue weighted by atomic mass is 10.2. The van der Waals surface area contributed by atoms with Crippen molar-refractivity contribution in [3.63, 3.8) is 0 Å². The Bertz CT molecular complexity index is 1070. The van der Waals surface area contributed by atoms with Gasteiger partial charge in [0, 0.05) is 31.0 Å². The Hall–Kier alpha value is -3.32. The van der Waals surface area contributed by atoms with Gasteiger partial charge in [-0.2, -0.15) is 13.2 Å². The van der Waals surface area contributed by atoms with Crippen molar-refractivity contribution in [2.45, 2.75) is 25.7 Å². The number of hydrogen-bond donors (Lipinski definition) is 3. The Morgan fingerprint density at radius 2 is 2.00 bits per heavy atom. The number of carboxylic acids is 1. The number of halogens is 3. The van der Waals surface area contributed by atoms with Crippen LogP contribution in [0.4, 0.5) is 18.3 Å². The van der Waals surface area contributed by atoms with E-state index in [-0.39, 0.29) is 11.9 Å². The number of carbonyl (C=O) groups excluding carboxylic acids is 1. The minimum Gasteiger partial charge on any atom is -0.475 e. The minimum absolute atomic E-state index is 0.168. The Kier molecular flexibility index (Phi) is 6.65. The van der Waals surface area contributed by atoms with Crippen molar-refractivity contribution in [3.8, 4) is 10.7 Å². The SMILES string of the molecule is CC1NCCn2c(C(=O)Nc3nnc(-c4ccccn4)s3)ccc21.O=C(O)C(F)(F)F. The average Bonchev–Trinajstić information content (AvgIpc) is 3.36. The molecule has 0 fully saturated rings. The highest BCUT2D eigenvalue weighted by molar-refractivity contribution is 7.18. The number of amides is 1. The molecule has 3 aromatic rings. The number of rotatable bonds is 3. The van der Waals surface area contributed by atoms with Gasteiger partial charge in [0.25, 0.3) is 5.91 Å². The van der Waals surface area contributed by atoms with Crippen LogP contribution in [0.3, 0.4) is 0 Å². The number of nitrogens with zero attached hydrogens (tertiary/aromatic N) is 4. The van der Waals surface area contributed by atoms with Crippen LogP contribution < -0.4 is 10.6 Å². The van der Waals surface area contributed by atoms with Gasteiger partial charge in [-0.15, -0.1) is 10.2 Å². The highest BCUT2D eigenvalue weighted by Crippen LogP contribution is 2.26. The number of pyridine rings is 1.